The predicted octanol–water partition coefficient (Wildman–Crippen LogP) is 4.53. The number of halogens is 1. The van der Waals surface area contributed by atoms with Crippen LogP contribution < -0.4 is 14.8 Å². The summed E-state index contributed by atoms with van der Waals surface area (Å²) in [6.07, 6.45) is 0. The van der Waals surface area contributed by atoms with Gasteiger partial charge in [0.1, 0.15) is 11.5 Å². The van der Waals surface area contributed by atoms with Crippen molar-refractivity contribution in [2.24, 2.45) is 0 Å². The van der Waals surface area contributed by atoms with Crippen molar-refractivity contribution in [3.8, 4) is 11.5 Å². The van der Waals surface area contributed by atoms with Gasteiger partial charge in [-0.1, -0.05) is 29.8 Å². The second kappa shape index (κ2) is 6.53. The normalized spacial score (nSPS) is 11.8. The fraction of sp³-hybridized carbons (Fsp3) is 0.250. The minimum atomic E-state index is 0.0838. The van der Waals surface area contributed by atoms with Crippen LogP contribution in [0.15, 0.2) is 42.5 Å². The maximum Gasteiger partial charge on any atom is 0.124 e. The largest absolute Gasteiger partial charge is 0.497 e. The van der Waals surface area contributed by atoms with Crippen molar-refractivity contribution in [3.05, 3.63) is 53.1 Å². The molecule has 0 aliphatic carbocycles. The standard InChI is InChI=1S/C16H18ClNO2/c1-11(15-6-4-5-7-16(15)17)18-12-8-13(19-2)10-14(9-12)20-3/h4-11,18H,1-3H3. The minimum absolute atomic E-state index is 0.0838. The molecule has 3 nitrogen and oxygen atoms in total. The third-order valence-electron chi connectivity index (χ3n) is 3.11. The molecule has 0 radical (unpaired) electrons. The molecule has 2 aromatic rings. The highest BCUT2D eigenvalue weighted by Crippen LogP contribution is 2.30. The summed E-state index contributed by atoms with van der Waals surface area (Å²) in [5.41, 5.74) is 1.98. The van der Waals surface area contributed by atoms with Crippen LogP contribution in [0.25, 0.3) is 0 Å². The molecule has 0 aromatic heterocycles. The second-order valence-corrected chi connectivity index (χ2v) is 4.90. The van der Waals surface area contributed by atoms with Gasteiger partial charge in [-0.25, -0.2) is 0 Å². The second-order valence-electron chi connectivity index (χ2n) is 4.49. The Labute approximate surface area is 124 Å². The van der Waals surface area contributed by atoms with Crippen LogP contribution in [-0.4, -0.2) is 14.2 Å². The molecule has 2 rings (SSSR count). The van der Waals surface area contributed by atoms with E-state index in [-0.39, 0.29) is 6.04 Å². The molecule has 20 heavy (non-hydrogen) atoms. The molecule has 0 amide bonds. The molecular weight excluding hydrogens is 274 g/mol. The van der Waals surface area contributed by atoms with Gasteiger partial charge >= 0.3 is 0 Å². The Morgan fingerprint density at radius 2 is 1.60 bits per heavy atom. The average Bonchev–Trinajstić information content (AvgIpc) is 2.47. The van der Waals surface area contributed by atoms with Crippen molar-refractivity contribution >= 4 is 17.3 Å². The van der Waals surface area contributed by atoms with E-state index in [2.05, 4.69) is 12.2 Å². The Morgan fingerprint density at radius 1 is 1.00 bits per heavy atom. The number of nitrogens with one attached hydrogen (secondary N) is 1. The first kappa shape index (κ1) is 14.5. The Balaban J connectivity index is 2.23. The molecule has 1 N–H and O–H groups in total. The van der Waals surface area contributed by atoms with Crippen LogP contribution >= 0.6 is 11.6 Å². The molecule has 0 aliphatic rings. The van der Waals surface area contributed by atoms with Gasteiger partial charge in [0.2, 0.25) is 0 Å². The highest BCUT2D eigenvalue weighted by Gasteiger charge is 2.10. The highest BCUT2D eigenvalue weighted by atomic mass is 35.5. The summed E-state index contributed by atoms with van der Waals surface area (Å²) in [5, 5.41) is 4.16. The van der Waals surface area contributed by atoms with E-state index in [0.717, 1.165) is 27.8 Å². The van der Waals surface area contributed by atoms with Crippen LogP contribution in [0.2, 0.25) is 5.02 Å². The van der Waals surface area contributed by atoms with Crippen LogP contribution in [0, 0.1) is 0 Å². The summed E-state index contributed by atoms with van der Waals surface area (Å²) in [4.78, 5) is 0. The highest BCUT2D eigenvalue weighted by molar-refractivity contribution is 6.31. The lowest BCUT2D eigenvalue weighted by atomic mass is 10.1. The average molecular weight is 292 g/mol. The molecular formula is C16H18ClNO2. The maximum atomic E-state index is 6.21. The van der Waals surface area contributed by atoms with E-state index in [1.807, 2.05) is 42.5 Å². The van der Waals surface area contributed by atoms with Crippen LogP contribution in [0.5, 0.6) is 11.5 Å². The fourth-order valence-corrected chi connectivity index (χ4v) is 2.34. The Morgan fingerprint density at radius 3 is 2.15 bits per heavy atom. The van der Waals surface area contributed by atoms with E-state index >= 15 is 0 Å². The quantitative estimate of drug-likeness (QED) is 0.878. The van der Waals surface area contributed by atoms with E-state index in [9.17, 15) is 0 Å². The van der Waals surface area contributed by atoms with Gasteiger partial charge in [-0.3, -0.25) is 0 Å². The van der Waals surface area contributed by atoms with Crippen LogP contribution in [0.4, 0.5) is 5.69 Å². The number of hydrogen-bond acceptors (Lipinski definition) is 3. The summed E-state index contributed by atoms with van der Waals surface area (Å²) < 4.78 is 10.5. The number of benzene rings is 2. The van der Waals surface area contributed by atoms with Crippen molar-refractivity contribution in [1.82, 2.24) is 0 Å². The zero-order valence-electron chi connectivity index (χ0n) is 11.8. The number of rotatable bonds is 5. The molecule has 0 fully saturated rings. The predicted molar refractivity (Wildman–Crippen MR) is 83.0 cm³/mol. The fourth-order valence-electron chi connectivity index (χ4n) is 2.04. The van der Waals surface area contributed by atoms with E-state index in [1.165, 1.54) is 0 Å². The number of hydrogen-bond donors (Lipinski definition) is 1. The molecule has 1 atom stereocenters. The molecule has 0 heterocycles. The molecule has 1 unspecified atom stereocenters. The number of ether oxygens (including phenoxy) is 2. The van der Waals surface area contributed by atoms with Gasteiger partial charge in [-0.15, -0.1) is 0 Å². The minimum Gasteiger partial charge on any atom is -0.497 e. The lowest BCUT2D eigenvalue weighted by Gasteiger charge is -2.18. The van der Waals surface area contributed by atoms with Crippen LogP contribution in [0.1, 0.15) is 18.5 Å². The van der Waals surface area contributed by atoms with Gasteiger partial charge in [0.15, 0.2) is 0 Å². The first-order chi connectivity index (χ1) is 9.63. The third-order valence-corrected chi connectivity index (χ3v) is 3.45. The van der Waals surface area contributed by atoms with Crippen molar-refractivity contribution in [2.75, 3.05) is 19.5 Å². The molecule has 0 saturated heterocycles. The SMILES string of the molecule is COc1cc(NC(C)c2ccccc2Cl)cc(OC)c1. The van der Waals surface area contributed by atoms with Crippen LogP contribution in [-0.2, 0) is 0 Å². The monoisotopic (exact) mass is 291 g/mol. The summed E-state index contributed by atoms with van der Waals surface area (Å²) in [7, 11) is 3.27. The molecule has 0 aliphatic heterocycles. The Bertz CT molecular complexity index is 564. The first-order valence-corrected chi connectivity index (χ1v) is 6.76. The smallest absolute Gasteiger partial charge is 0.124 e. The first-order valence-electron chi connectivity index (χ1n) is 6.38. The van der Waals surface area contributed by atoms with Crippen molar-refractivity contribution in [3.63, 3.8) is 0 Å². The topological polar surface area (TPSA) is 30.5 Å². The van der Waals surface area contributed by atoms with Crippen molar-refractivity contribution < 1.29 is 9.47 Å². The lowest BCUT2D eigenvalue weighted by molar-refractivity contribution is 0.394. The van der Waals surface area contributed by atoms with Gasteiger partial charge < -0.3 is 14.8 Å². The van der Waals surface area contributed by atoms with E-state index in [4.69, 9.17) is 21.1 Å². The number of methoxy groups -OCH3 is 2. The summed E-state index contributed by atoms with van der Waals surface area (Å²) in [5.74, 6) is 1.50. The summed E-state index contributed by atoms with van der Waals surface area (Å²) in [6.45, 7) is 2.06. The zero-order valence-corrected chi connectivity index (χ0v) is 12.6. The third kappa shape index (κ3) is 3.36. The van der Waals surface area contributed by atoms with Crippen LogP contribution in [0.3, 0.4) is 0 Å². The molecule has 0 bridgehead atoms. The van der Waals surface area contributed by atoms with Gasteiger partial charge in [0, 0.05) is 35.0 Å². The molecule has 2 aromatic carbocycles. The van der Waals surface area contributed by atoms with E-state index < -0.39 is 0 Å². The molecule has 0 spiro atoms. The molecule has 106 valence electrons. The Hall–Kier alpha value is -1.87. The Kier molecular flexibility index (Phi) is 4.74. The van der Waals surface area contributed by atoms with Gasteiger partial charge in [-0.2, -0.15) is 0 Å². The molecule has 4 heteroatoms. The molecule has 0 saturated carbocycles. The van der Waals surface area contributed by atoms with E-state index in [0.29, 0.717) is 0 Å². The summed E-state index contributed by atoms with van der Waals surface area (Å²) >= 11 is 6.21. The van der Waals surface area contributed by atoms with Crippen molar-refractivity contribution in [2.45, 2.75) is 13.0 Å². The maximum absolute atomic E-state index is 6.21. The zero-order chi connectivity index (χ0) is 14.5. The van der Waals surface area contributed by atoms with E-state index in [1.54, 1.807) is 14.2 Å². The van der Waals surface area contributed by atoms with Gasteiger partial charge in [0.05, 0.1) is 14.2 Å². The van der Waals surface area contributed by atoms with Crippen molar-refractivity contribution in [1.29, 1.82) is 0 Å². The van der Waals surface area contributed by atoms with Gasteiger partial charge in [0.25, 0.3) is 0 Å². The van der Waals surface area contributed by atoms with Gasteiger partial charge in [-0.05, 0) is 18.6 Å². The number of anilines is 1. The summed E-state index contributed by atoms with van der Waals surface area (Å²) in [6, 6.07) is 13.6. The lowest BCUT2D eigenvalue weighted by Crippen LogP contribution is -2.07.